The number of nitrogens with zero attached hydrogens (tertiary/aromatic N) is 5. The number of aromatic nitrogens is 5. The Morgan fingerprint density at radius 3 is 2.85 bits per heavy atom. The smallest absolute Gasteiger partial charge is 0.248 e. The summed E-state index contributed by atoms with van der Waals surface area (Å²) < 4.78 is 7.00. The summed E-state index contributed by atoms with van der Waals surface area (Å²) in [5.74, 6) is 7.17. The summed E-state index contributed by atoms with van der Waals surface area (Å²) in [5.41, 5.74) is 2.04. The zero-order chi connectivity index (χ0) is 13.9. The summed E-state index contributed by atoms with van der Waals surface area (Å²) >= 11 is 1.39. The van der Waals surface area contributed by atoms with Crippen molar-refractivity contribution in [2.75, 3.05) is 5.84 Å². The molecule has 0 aliphatic carbocycles. The molecule has 3 rings (SSSR count). The van der Waals surface area contributed by atoms with Crippen molar-refractivity contribution < 1.29 is 4.42 Å². The van der Waals surface area contributed by atoms with E-state index >= 15 is 0 Å². The average Bonchev–Trinajstić information content (AvgIpc) is 3.06. The van der Waals surface area contributed by atoms with E-state index < -0.39 is 0 Å². The van der Waals surface area contributed by atoms with Gasteiger partial charge in [0.15, 0.2) is 0 Å². The second kappa shape index (κ2) is 5.33. The van der Waals surface area contributed by atoms with Gasteiger partial charge in [0.1, 0.15) is 6.33 Å². The van der Waals surface area contributed by atoms with Crippen LogP contribution in [0.15, 0.2) is 40.2 Å². The third-order valence-corrected chi connectivity index (χ3v) is 3.65. The van der Waals surface area contributed by atoms with Gasteiger partial charge in [0.2, 0.25) is 16.9 Å². The van der Waals surface area contributed by atoms with Gasteiger partial charge in [0.25, 0.3) is 0 Å². The minimum absolute atomic E-state index is 0.495. The normalized spacial score (nSPS) is 10.8. The number of thioether (sulfide) groups is 1. The lowest BCUT2D eigenvalue weighted by atomic mass is 10.1. The second-order valence-electron chi connectivity index (χ2n) is 4.13. The molecule has 0 atom stereocenters. The summed E-state index contributed by atoms with van der Waals surface area (Å²) in [7, 11) is 0. The first kappa shape index (κ1) is 12.7. The molecule has 0 aliphatic rings. The molecule has 0 saturated carbocycles. The lowest BCUT2D eigenvalue weighted by Gasteiger charge is -1.99. The van der Waals surface area contributed by atoms with Crippen LogP contribution in [0.3, 0.4) is 0 Å². The van der Waals surface area contributed by atoms with E-state index in [1.165, 1.54) is 22.8 Å². The van der Waals surface area contributed by atoms with E-state index in [0.29, 0.717) is 22.7 Å². The van der Waals surface area contributed by atoms with Crippen LogP contribution in [0.25, 0.3) is 11.5 Å². The van der Waals surface area contributed by atoms with E-state index in [0.717, 1.165) is 11.1 Å². The van der Waals surface area contributed by atoms with Crippen LogP contribution in [0.5, 0.6) is 0 Å². The predicted octanol–water partition coefficient (Wildman–Crippen LogP) is 1.64. The van der Waals surface area contributed by atoms with E-state index in [1.54, 1.807) is 0 Å². The summed E-state index contributed by atoms with van der Waals surface area (Å²) in [6.07, 6.45) is 1.44. The van der Waals surface area contributed by atoms with Crippen LogP contribution in [0.2, 0.25) is 0 Å². The molecule has 2 N–H and O–H groups in total. The van der Waals surface area contributed by atoms with E-state index in [9.17, 15) is 0 Å². The molecular formula is C12H12N6OS. The molecule has 0 unspecified atom stereocenters. The third-order valence-electron chi connectivity index (χ3n) is 2.71. The van der Waals surface area contributed by atoms with E-state index in [-0.39, 0.29) is 0 Å². The molecule has 2 heterocycles. The van der Waals surface area contributed by atoms with Gasteiger partial charge in [0, 0.05) is 5.56 Å². The van der Waals surface area contributed by atoms with Crippen molar-refractivity contribution >= 4 is 11.8 Å². The molecule has 7 nitrogen and oxygen atoms in total. The SMILES string of the molecule is Cc1ccccc1-c1nnc(CSc2nncn2N)o1. The standard InChI is InChI=1S/C12H12N6OS/c1-8-4-2-3-5-9(8)11-16-15-10(19-11)6-20-12-17-14-7-18(12)13/h2-5,7H,6,13H2,1H3. The van der Waals surface area contributed by atoms with Crippen LogP contribution in [-0.4, -0.2) is 25.1 Å². The summed E-state index contributed by atoms with van der Waals surface area (Å²) in [6.45, 7) is 2.00. The molecular weight excluding hydrogens is 276 g/mol. The van der Waals surface area contributed by atoms with Gasteiger partial charge < -0.3 is 10.3 Å². The Morgan fingerprint density at radius 2 is 2.10 bits per heavy atom. The maximum Gasteiger partial charge on any atom is 0.248 e. The molecule has 0 spiro atoms. The number of hydrogen-bond donors (Lipinski definition) is 1. The lowest BCUT2D eigenvalue weighted by Crippen LogP contribution is -2.07. The number of hydrogen-bond acceptors (Lipinski definition) is 7. The first-order valence-electron chi connectivity index (χ1n) is 5.90. The molecule has 102 valence electrons. The highest BCUT2D eigenvalue weighted by molar-refractivity contribution is 7.98. The minimum atomic E-state index is 0.495. The number of nitrogens with two attached hydrogens (primary N) is 1. The predicted molar refractivity (Wildman–Crippen MR) is 74.2 cm³/mol. The Kier molecular flexibility index (Phi) is 3.38. The summed E-state index contributed by atoms with van der Waals surface area (Å²) in [5, 5.41) is 16.3. The maximum absolute atomic E-state index is 5.65. The van der Waals surface area contributed by atoms with Crippen molar-refractivity contribution in [2.24, 2.45) is 0 Å². The number of aryl methyl sites for hydroxylation is 1. The fraction of sp³-hybridized carbons (Fsp3) is 0.167. The molecule has 0 amide bonds. The zero-order valence-electron chi connectivity index (χ0n) is 10.7. The molecule has 2 aromatic heterocycles. The molecule has 0 saturated heterocycles. The van der Waals surface area contributed by atoms with Gasteiger partial charge in [-0.15, -0.1) is 20.4 Å². The first-order valence-corrected chi connectivity index (χ1v) is 6.89. The van der Waals surface area contributed by atoms with Gasteiger partial charge in [-0.05, 0) is 18.6 Å². The Balaban J connectivity index is 1.74. The summed E-state index contributed by atoms with van der Waals surface area (Å²) in [4.78, 5) is 0. The number of benzene rings is 1. The topological polar surface area (TPSA) is 95.7 Å². The van der Waals surface area contributed by atoms with Crippen molar-refractivity contribution in [3.63, 3.8) is 0 Å². The average molecular weight is 288 g/mol. The monoisotopic (exact) mass is 288 g/mol. The number of nitrogen functional groups attached to an aromatic ring is 1. The van der Waals surface area contributed by atoms with Crippen LogP contribution in [0.1, 0.15) is 11.5 Å². The first-order chi connectivity index (χ1) is 9.74. The summed E-state index contributed by atoms with van der Waals surface area (Å²) in [6, 6.07) is 7.87. The highest BCUT2D eigenvalue weighted by Crippen LogP contribution is 2.24. The quantitative estimate of drug-likeness (QED) is 0.576. The third kappa shape index (κ3) is 2.50. The van der Waals surface area contributed by atoms with E-state index in [1.807, 2.05) is 31.2 Å². The zero-order valence-corrected chi connectivity index (χ0v) is 11.5. The highest BCUT2D eigenvalue weighted by atomic mass is 32.2. The van der Waals surface area contributed by atoms with E-state index in [4.69, 9.17) is 10.3 Å². The Morgan fingerprint density at radius 1 is 1.25 bits per heavy atom. The molecule has 8 heteroatoms. The van der Waals surface area contributed by atoms with Gasteiger partial charge in [0.05, 0.1) is 5.75 Å². The molecule has 0 radical (unpaired) electrons. The Labute approximate surface area is 119 Å². The lowest BCUT2D eigenvalue weighted by molar-refractivity contribution is 0.528. The van der Waals surface area contributed by atoms with E-state index in [2.05, 4.69) is 20.4 Å². The van der Waals surface area contributed by atoms with Crippen molar-refractivity contribution in [3.8, 4) is 11.5 Å². The van der Waals surface area contributed by atoms with Crippen LogP contribution < -0.4 is 5.84 Å². The maximum atomic E-state index is 5.65. The van der Waals surface area contributed by atoms with Gasteiger partial charge in [-0.2, -0.15) is 0 Å². The molecule has 0 aliphatic heterocycles. The number of rotatable bonds is 4. The molecule has 1 aromatic carbocycles. The van der Waals surface area contributed by atoms with Crippen LogP contribution in [-0.2, 0) is 5.75 Å². The molecule has 0 fully saturated rings. The van der Waals surface area contributed by atoms with Gasteiger partial charge in [-0.25, -0.2) is 4.68 Å². The fourth-order valence-corrected chi connectivity index (χ4v) is 2.37. The van der Waals surface area contributed by atoms with Crippen molar-refractivity contribution in [1.82, 2.24) is 25.1 Å². The highest BCUT2D eigenvalue weighted by Gasteiger charge is 2.12. The second-order valence-corrected chi connectivity index (χ2v) is 5.07. The van der Waals surface area contributed by atoms with Gasteiger partial charge in [-0.3, -0.25) is 0 Å². The fourth-order valence-electron chi connectivity index (χ4n) is 1.70. The molecule has 20 heavy (non-hydrogen) atoms. The van der Waals surface area contributed by atoms with Crippen molar-refractivity contribution in [3.05, 3.63) is 42.0 Å². The largest absolute Gasteiger partial charge is 0.420 e. The Bertz CT molecular complexity index is 722. The van der Waals surface area contributed by atoms with Crippen molar-refractivity contribution in [2.45, 2.75) is 17.8 Å². The van der Waals surface area contributed by atoms with Crippen LogP contribution in [0.4, 0.5) is 0 Å². The van der Waals surface area contributed by atoms with Gasteiger partial charge >= 0.3 is 0 Å². The minimum Gasteiger partial charge on any atom is -0.420 e. The molecule has 0 bridgehead atoms. The van der Waals surface area contributed by atoms with Gasteiger partial charge in [-0.1, -0.05) is 30.0 Å². The molecule has 3 aromatic rings. The Hall–Kier alpha value is -2.35. The van der Waals surface area contributed by atoms with Crippen LogP contribution >= 0.6 is 11.8 Å². The van der Waals surface area contributed by atoms with Crippen molar-refractivity contribution in [1.29, 1.82) is 0 Å². The van der Waals surface area contributed by atoms with Crippen LogP contribution in [0, 0.1) is 6.92 Å².